The summed E-state index contributed by atoms with van der Waals surface area (Å²) < 4.78 is 0. The number of benzene rings is 2. The van der Waals surface area contributed by atoms with Crippen molar-refractivity contribution < 1.29 is 9.59 Å². The highest BCUT2D eigenvalue weighted by molar-refractivity contribution is 6.07. The molecule has 0 saturated carbocycles. The molecule has 0 atom stereocenters. The van der Waals surface area contributed by atoms with Gasteiger partial charge in [-0.25, -0.2) is 0 Å². The number of hydrogen-bond acceptors (Lipinski definition) is 4. The first-order valence-electron chi connectivity index (χ1n) is 9.44. The molecule has 2 heterocycles. The summed E-state index contributed by atoms with van der Waals surface area (Å²) in [7, 11) is 0. The molecule has 0 spiro atoms. The lowest BCUT2D eigenvalue weighted by Gasteiger charge is -2.31. The summed E-state index contributed by atoms with van der Waals surface area (Å²) >= 11 is 0. The molecule has 2 aliphatic rings. The Morgan fingerprint density at radius 2 is 1.74 bits per heavy atom. The van der Waals surface area contributed by atoms with Crippen molar-refractivity contribution in [3.8, 4) is 0 Å². The highest BCUT2D eigenvalue weighted by atomic mass is 16.2. The maximum Gasteiger partial charge on any atom is 0.229 e. The molecule has 2 aromatic carbocycles. The molecule has 5 nitrogen and oxygen atoms in total. The Kier molecular flexibility index (Phi) is 4.67. The normalized spacial score (nSPS) is 15.7. The predicted octanol–water partition coefficient (Wildman–Crippen LogP) is 3.94. The van der Waals surface area contributed by atoms with Crippen LogP contribution in [-0.4, -0.2) is 24.8 Å². The topological polar surface area (TPSA) is 52.7 Å². The Bertz CT molecular complexity index is 905. The van der Waals surface area contributed by atoms with Crippen molar-refractivity contribution in [2.75, 3.05) is 28.2 Å². The van der Waals surface area contributed by atoms with Gasteiger partial charge in [0.25, 0.3) is 0 Å². The van der Waals surface area contributed by atoms with E-state index in [1.165, 1.54) is 0 Å². The molecule has 0 bridgehead atoms. The lowest BCUT2D eigenvalue weighted by molar-refractivity contribution is -0.119. The van der Waals surface area contributed by atoms with Gasteiger partial charge in [-0.15, -0.1) is 0 Å². The van der Waals surface area contributed by atoms with Crippen molar-refractivity contribution >= 4 is 28.8 Å². The van der Waals surface area contributed by atoms with Crippen molar-refractivity contribution in [3.05, 3.63) is 66.0 Å². The van der Waals surface area contributed by atoms with Crippen LogP contribution in [0.3, 0.4) is 0 Å². The smallest absolute Gasteiger partial charge is 0.229 e. The Morgan fingerprint density at radius 3 is 2.48 bits per heavy atom. The van der Waals surface area contributed by atoms with Crippen LogP contribution in [0.25, 0.3) is 0 Å². The fraction of sp³-hybridized carbons (Fsp3) is 0.273. The van der Waals surface area contributed by atoms with Gasteiger partial charge in [-0.2, -0.15) is 0 Å². The van der Waals surface area contributed by atoms with Gasteiger partial charge >= 0.3 is 0 Å². The number of amides is 1. The zero-order valence-corrected chi connectivity index (χ0v) is 15.4. The molecular formula is C22H23N3O2. The minimum atomic E-state index is -0.161. The molecule has 5 heteroatoms. The minimum absolute atomic E-state index is 0.0679. The third-order valence-corrected chi connectivity index (χ3v) is 4.99. The van der Waals surface area contributed by atoms with Crippen LogP contribution in [0, 0.1) is 0 Å². The van der Waals surface area contributed by atoms with Crippen LogP contribution in [0.4, 0.5) is 17.1 Å². The Balaban J connectivity index is 1.68. The van der Waals surface area contributed by atoms with Crippen LogP contribution in [-0.2, 0) is 9.59 Å². The van der Waals surface area contributed by atoms with E-state index < -0.39 is 0 Å². The van der Waals surface area contributed by atoms with E-state index in [1.54, 1.807) is 0 Å². The van der Waals surface area contributed by atoms with Crippen molar-refractivity contribution in [2.45, 2.75) is 26.2 Å². The zero-order valence-electron chi connectivity index (χ0n) is 15.4. The summed E-state index contributed by atoms with van der Waals surface area (Å²) in [5, 5.41) is 2.90. The van der Waals surface area contributed by atoms with E-state index in [2.05, 4.69) is 34.2 Å². The molecule has 4 rings (SSSR count). The van der Waals surface area contributed by atoms with E-state index in [0.29, 0.717) is 18.5 Å². The lowest BCUT2D eigenvalue weighted by atomic mass is 10.00. The maximum absolute atomic E-state index is 12.7. The van der Waals surface area contributed by atoms with E-state index in [9.17, 15) is 9.59 Å². The van der Waals surface area contributed by atoms with Gasteiger partial charge in [-0.1, -0.05) is 37.3 Å². The molecule has 0 fully saturated rings. The quantitative estimate of drug-likeness (QED) is 0.876. The van der Waals surface area contributed by atoms with E-state index in [0.717, 1.165) is 35.8 Å². The molecular weight excluding hydrogens is 338 g/mol. The highest BCUT2D eigenvalue weighted by Crippen LogP contribution is 2.45. The molecule has 0 aromatic heterocycles. The number of hydrogen-bond donors (Lipinski definition) is 1. The van der Waals surface area contributed by atoms with Gasteiger partial charge in [-0.05, 0) is 30.7 Å². The SMILES string of the molecule is CCCN1C2=C(CC(=O)Nc3ccccc3)C(=O)CCN2c2ccccc21. The maximum atomic E-state index is 12.7. The Labute approximate surface area is 159 Å². The molecule has 0 unspecified atom stereocenters. The van der Waals surface area contributed by atoms with Crippen LogP contribution < -0.4 is 15.1 Å². The molecule has 1 N–H and O–H groups in total. The predicted molar refractivity (Wildman–Crippen MR) is 108 cm³/mol. The molecule has 0 radical (unpaired) electrons. The molecule has 138 valence electrons. The number of rotatable bonds is 5. The lowest BCUT2D eigenvalue weighted by Crippen LogP contribution is -2.38. The van der Waals surface area contributed by atoms with Crippen molar-refractivity contribution in [1.29, 1.82) is 0 Å². The largest absolute Gasteiger partial charge is 0.326 e. The summed E-state index contributed by atoms with van der Waals surface area (Å²) in [5.41, 5.74) is 3.59. The summed E-state index contributed by atoms with van der Waals surface area (Å²) in [6.45, 7) is 3.60. The van der Waals surface area contributed by atoms with Gasteiger partial charge in [0.15, 0.2) is 5.78 Å². The number of anilines is 3. The number of para-hydroxylation sites is 3. The van der Waals surface area contributed by atoms with E-state index in [4.69, 9.17) is 0 Å². The van der Waals surface area contributed by atoms with Crippen LogP contribution >= 0.6 is 0 Å². The second-order valence-electron chi connectivity index (χ2n) is 6.86. The van der Waals surface area contributed by atoms with E-state index in [-0.39, 0.29) is 18.1 Å². The average molecular weight is 361 g/mol. The molecule has 2 aliphatic heterocycles. The second kappa shape index (κ2) is 7.27. The Hall–Kier alpha value is -3.08. The highest BCUT2D eigenvalue weighted by Gasteiger charge is 2.38. The van der Waals surface area contributed by atoms with Crippen molar-refractivity contribution in [1.82, 2.24) is 0 Å². The first-order chi connectivity index (χ1) is 13.2. The summed E-state index contributed by atoms with van der Waals surface area (Å²) in [5.74, 6) is 0.794. The van der Waals surface area contributed by atoms with Crippen LogP contribution in [0.1, 0.15) is 26.2 Å². The van der Waals surface area contributed by atoms with Gasteiger partial charge in [-0.3, -0.25) is 9.59 Å². The monoisotopic (exact) mass is 361 g/mol. The number of carbonyl (C=O) groups excluding carboxylic acids is 2. The minimum Gasteiger partial charge on any atom is -0.326 e. The number of fused-ring (bicyclic) bond motifs is 3. The standard InChI is InChI=1S/C22H23N3O2/c1-2-13-24-18-10-6-7-11-19(18)25-14-12-20(26)17(22(24)25)15-21(27)23-16-8-4-3-5-9-16/h3-11H,2,12-15H2,1H3,(H,23,27). The fourth-order valence-electron chi connectivity index (χ4n) is 3.85. The third kappa shape index (κ3) is 3.21. The van der Waals surface area contributed by atoms with Crippen LogP contribution in [0.15, 0.2) is 66.0 Å². The average Bonchev–Trinajstić information content (AvgIpc) is 2.99. The number of carbonyl (C=O) groups is 2. The summed E-state index contributed by atoms with van der Waals surface area (Å²) in [6, 6.07) is 17.6. The van der Waals surface area contributed by atoms with Gasteiger partial charge in [0, 0.05) is 30.8 Å². The number of nitrogens with zero attached hydrogens (tertiary/aromatic N) is 2. The van der Waals surface area contributed by atoms with Gasteiger partial charge in [0.2, 0.25) is 5.91 Å². The van der Waals surface area contributed by atoms with Gasteiger partial charge in [0.05, 0.1) is 17.8 Å². The number of Topliss-reactive ketones (excluding diaryl/α,β-unsaturated/α-hetero) is 1. The first kappa shape index (κ1) is 17.3. The van der Waals surface area contributed by atoms with Crippen LogP contribution in [0.5, 0.6) is 0 Å². The van der Waals surface area contributed by atoms with Gasteiger partial charge < -0.3 is 15.1 Å². The summed E-state index contributed by atoms with van der Waals surface area (Å²) in [6.07, 6.45) is 1.49. The molecule has 27 heavy (non-hydrogen) atoms. The second-order valence-corrected chi connectivity index (χ2v) is 6.86. The van der Waals surface area contributed by atoms with E-state index >= 15 is 0 Å². The fourth-order valence-corrected chi connectivity index (χ4v) is 3.85. The third-order valence-electron chi connectivity index (χ3n) is 4.99. The molecule has 0 aliphatic carbocycles. The van der Waals surface area contributed by atoms with Gasteiger partial charge in [0.1, 0.15) is 5.82 Å². The summed E-state index contributed by atoms with van der Waals surface area (Å²) in [4.78, 5) is 29.7. The van der Waals surface area contributed by atoms with Crippen molar-refractivity contribution in [2.24, 2.45) is 0 Å². The number of ketones is 1. The Morgan fingerprint density at radius 1 is 1.04 bits per heavy atom. The van der Waals surface area contributed by atoms with Crippen molar-refractivity contribution in [3.63, 3.8) is 0 Å². The number of nitrogens with one attached hydrogen (secondary N) is 1. The molecule has 0 saturated heterocycles. The zero-order chi connectivity index (χ0) is 18.8. The molecule has 2 aromatic rings. The van der Waals surface area contributed by atoms with E-state index in [1.807, 2.05) is 42.5 Å². The molecule has 1 amide bonds. The van der Waals surface area contributed by atoms with Crippen LogP contribution in [0.2, 0.25) is 0 Å². The first-order valence-corrected chi connectivity index (χ1v) is 9.44.